The summed E-state index contributed by atoms with van der Waals surface area (Å²) in [6.45, 7) is 6.52. The van der Waals surface area contributed by atoms with Gasteiger partial charge >= 0.3 is 0 Å². The lowest BCUT2D eigenvalue weighted by Crippen LogP contribution is -2.12. The fourth-order valence-electron chi connectivity index (χ4n) is 3.78. The van der Waals surface area contributed by atoms with Crippen LogP contribution in [0.3, 0.4) is 0 Å². The molecule has 5 aromatic rings. The van der Waals surface area contributed by atoms with Crippen molar-refractivity contribution in [1.29, 1.82) is 0 Å². The second-order valence-electron chi connectivity index (χ2n) is 9.34. The van der Waals surface area contributed by atoms with E-state index in [0.717, 1.165) is 16.5 Å². The summed E-state index contributed by atoms with van der Waals surface area (Å²) in [7, 11) is 0. The third kappa shape index (κ3) is 4.76. The number of furan rings is 1. The van der Waals surface area contributed by atoms with Gasteiger partial charge in [-0.25, -0.2) is 9.67 Å². The first-order valence-corrected chi connectivity index (χ1v) is 12.3. The molecule has 0 aliphatic carbocycles. The minimum atomic E-state index is -0.434. The molecule has 8 heteroatoms. The van der Waals surface area contributed by atoms with E-state index < -0.39 is 4.92 Å². The molecule has 7 nitrogen and oxygen atoms in total. The zero-order valence-electron chi connectivity index (χ0n) is 20.1. The van der Waals surface area contributed by atoms with Crippen molar-refractivity contribution in [2.24, 2.45) is 10.1 Å². The summed E-state index contributed by atoms with van der Waals surface area (Å²) in [5.74, 6) is 0.636. The van der Waals surface area contributed by atoms with Crippen molar-refractivity contribution in [1.82, 2.24) is 4.68 Å². The van der Waals surface area contributed by atoms with Gasteiger partial charge in [0.15, 0.2) is 5.76 Å². The highest BCUT2D eigenvalue weighted by molar-refractivity contribution is 7.07. The molecular formula is C28H24N4O3S. The molecule has 0 radical (unpaired) electrons. The molecule has 36 heavy (non-hydrogen) atoms. The number of hydrogen-bond donors (Lipinski definition) is 0. The van der Waals surface area contributed by atoms with Gasteiger partial charge in [-0.05, 0) is 34.7 Å². The molecular weight excluding hydrogens is 472 g/mol. The normalized spacial score (nSPS) is 12.6. The Morgan fingerprint density at radius 3 is 2.44 bits per heavy atom. The SMILES string of the molecule is CC(C)(C)c1ccc(C=Nn2c(-c3cc4ccccc4o3)csc2=Nc2ccccc2[N+](=O)[O-])cc1. The third-order valence-electron chi connectivity index (χ3n) is 5.76. The van der Waals surface area contributed by atoms with E-state index in [0.29, 0.717) is 16.3 Å². The van der Waals surface area contributed by atoms with E-state index in [-0.39, 0.29) is 16.8 Å². The summed E-state index contributed by atoms with van der Waals surface area (Å²) in [4.78, 5) is 16.2. The van der Waals surface area contributed by atoms with E-state index in [1.54, 1.807) is 29.1 Å². The first-order valence-electron chi connectivity index (χ1n) is 11.4. The van der Waals surface area contributed by atoms with Crippen LogP contribution in [-0.2, 0) is 5.41 Å². The summed E-state index contributed by atoms with van der Waals surface area (Å²) >= 11 is 1.34. The van der Waals surface area contributed by atoms with Crippen LogP contribution in [0, 0.1) is 10.1 Å². The van der Waals surface area contributed by atoms with Gasteiger partial charge in [0, 0.05) is 16.8 Å². The summed E-state index contributed by atoms with van der Waals surface area (Å²) in [6.07, 6.45) is 1.75. The molecule has 0 aliphatic heterocycles. The molecule has 2 aromatic heterocycles. The molecule has 0 spiro atoms. The molecule has 2 heterocycles. The Balaban J connectivity index is 1.64. The van der Waals surface area contributed by atoms with Crippen LogP contribution in [0.1, 0.15) is 31.9 Å². The van der Waals surface area contributed by atoms with E-state index in [1.165, 1.54) is 23.0 Å². The lowest BCUT2D eigenvalue weighted by atomic mass is 9.87. The lowest BCUT2D eigenvalue weighted by Gasteiger charge is -2.18. The van der Waals surface area contributed by atoms with Crippen molar-refractivity contribution in [2.75, 3.05) is 0 Å². The molecule has 0 saturated heterocycles. The Morgan fingerprint density at radius 2 is 1.72 bits per heavy atom. The summed E-state index contributed by atoms with van der Waals surface area (Å²) in [6, 6.07) is 24.4. The average molecular weight is 497 g/mol. The average Bonchev–Trinajstić information content (AvgIpc) is 3.46. The van der Waals surface area contributed by atoms with Gasteiger partial charge in [-0.3, -0.25) is 10.1 Å². The van der Waals surface area contributed by atoms with E-state index in [9.17, 15) is 10.1 Å². The van der Waals surface area contributed by atoms with Crippen LogP contribution in [0.2, 0.25) is 0 Å². The number of hydrogen-bond acceptors (Lipinski definition) is 6. The Kier molecular flexibility index (Phi) is 6.12. The van der Waals surface area contributed by atoms with Crippen LogP contribution in [-0.4, -0.2) is 15.8 Å². The third-order valence-corrected chi connectivity index (χ3v) is 6.57. The van der Waals surface area contributed by atoms with Gasteiger partial charge < -0.3 is 4.42 Å². The molecule has 0 aliphatic rings. The van der Waals surface area contributed by atoms with Crippen LogP contribution in [0.15, 0.2) is 98.8 Å². The number of rotatable bonds is 5. The number of para-hydroxylation sites is 3. The minimum Gasteiger partial charge on any atom is -0.454 e. The van der Waals surface area contributed by atoms with Gasteiger partial charge in [0.1, 0.15) is 17.0 Å². The maximum Gasteiger partial charge on any atom is 0.294 e. The molecule has 5 rings (SSSR count). The van der Waals surface area contributed by atoms with Crippen molar-refractivity contribution in [3.8, 4) is 11.5 Å². The second-order valence-corrected chi connectivity index (χ2v) is 10.2. The number of fused-ring (bicyclic) bond motifs is 1. The Morgan fingerprint density at radius 1 is 1.00 bits per heavy atom. The fourth-order valence-corrected chi connectivity index (χ4v) is 4.61. The monoisotopic (exact) mass is 496 g/mol. The summed E-state index contributed by atoms with van der Waals surface area (Å²) in [5.41, 5.74) is 3.89. The Bertz CT molecular complexity index is 1620. The number of benzene rings is 3. The van der Waals surface area contributed by atoms with Crippen molar-refractivity contribution < 1.29 is 9.34 Å². The molecule has 0 saturated carbocycles. The van der Waals surface area contributed by atoms with Gasteiger partial charge in [-0.15, -0.1) is 11.3 Å². The highest BCUT2D eigenvalue weighted by Gasteiger charge is 2.16. The van der Waals surface area contributed by atoms with Crippen LogP contribution >= 0.6 is 11.3 Å². The van der Waals surface area contributed by atoms with Gasteiger partial charge in [0.2, 0.25) is 4.80 Å². The Hall–Kier alpha value is -4.30. The van der Waals surface area contributed by atoms with Crippen LogP contribution in [0.5, 0.6) is 0 Å². The van der Waals surface area contributed by atoms with Crippen molar-refractivity contribution in [3.05, 3.63) is 110 Å². The van der Waals surface area contributed by atoms with E-state index >= 15 is 0 Å². The maximum absolute atomic E-state index is 11.5. The Labute approximate surface area is 211 Å². The molecule has 3 aromatic carbocycles. The van der Waals surface area contributed by atoms with Crippen molar-refractivity contribution in [3.63, 3.8) is 0 Å². The van der Waals surface area contributed by atoms with Gasteiger partial charge in [0.25, 0.3) is 5.69 Å². The van der Waals surface area contributed by atoms with E-state index in [4.69, 9.17) is 9.52 Å². The van der Waals surface area contributed by atoms with Gasteiger partial charge in [0.05, 0.1) is 11.1 Å². The lowest BCUT2D eigenvalue weighted by molar-refractivity contribution is -0.384. The second kappa shape index (κ2) is 9.39. The number of nitro groups is 1. The predicted octanol–water partition coefficient (Wildman–Crippen LogP) is 7.28. The molecule has 0 N–H and O–H groups in total. The number of thiazole rings is 1. The van der Waals surface area contributed by atoms with Crippen LogP contribution in [0.4, 0.5) is 11.4 Å². The first-order chi connectivity index (χ1) is 17.3. The number of aromatic nitrogens is 1. The van der Waals surface area contributed by atoms with Crippen LogP contribution < -0.4 is 4.80 Å². The number of nitro benzene ring substituents is 1. The summed E-state index contributed by atoms with van der Waals surface area (Å²) < 4.78 is 7.75. The molecule has 0 fully saturated rings. The number of nitrogens with zero attached hydrogens (tertiary/aromatic N) is 4. The molecule has 180 valence electrons. The smallest absolute Gasteiger partial charge is 0.294 e. The fraction of sp³-hybridized carbons (Fsp3) is 0.143. The maximum atomic E-state index is 11.5. The van der Waals surface area contributed by atoms with E-state index in [1.807, 2.05) is 47.8 Å². The van der Waals surface area contributed by atoms with Crippen molar-refractivity contribution in [2.45, 2.75) is 26.2 Å². The molecule has 0 bridgehead atoms. The molecule has 0 amide bonds. The zero-order chi connectivity index (χ0) is 25.3. The predicted molar refractivity (Wildman–Crippen MR) is 144 cm³/mol. The largest absolute Gasteiger partial charge is 0.454 e. The quantitative estimate of drug-likeness (QED) is 0.145. The molecule has 0 unspecified atom stereocenters. The summed E-state index contributed by atoms with van der Waals surface area (Å²) in [5, 5.41) is 19.1. The standard InChI is InChI=1S/C28H24N4O3S/c1-28(2,3)21-14-12-19(13-15-21)17-29-31-24(26-16-20-8-4-7-11-25(20)35-26)18-36-27(31)30-22-9-5-6-10-23(22)32(33)34/h4-18H,1-3H3. The minimum absolute atomic E-state index is 0.0582. The first kappa shape index (κ1) is 23.4. The van der Waals surface area contributed by atoms with Gasteiger partial charge in [-0.2, -0.15) is 5.10 Å². The zero-order valence-corrected chi connectivity index (χ0v) is 20.9. The van der Waals surface area contributed by atoms with E-state index in [2.05, 4.69) is 37.9 Å². The van der Waals surface area contributed by atoms with Crippen molar-refractivity contribution >= 4 is 39.9 Å². The highest BCUT2D eigenvalue weighted by atomic mass is 32.1. The topological polar surface area (TPSA) is 85.9 Å². The van der Waals surface area contributed by atoms with Crippen LogP contribution in [0.25, 0.3) is 22.4 Å². The van der Waals surface area contributed by atoms with Gasteiger partial charge in [-0.1, -0.05) is 75.4 Å². The highest BCUT2D eigenvalue weighted by Crippen LogP contribution is 2.30. The molecule has 0 atom stereocenters.